The molecule has 0 spiro atoms. The second kappa shape index (κ2) is 11.3. The van der Waals surface area contributed by atoms with Gasteiger partial charge in [-0.15, -0.1) is 0 Å². The number of rotatable bonds is 7. The summed E-state index contributed by atoms with van der Waals surface area (Å²) in [4.78, 5) is 18.9. The van der Waals surface area contributed by atoms with E-state index in [0.29, 0.717) is 24.6 Å². The molecular formula is C34H31FN4O4. The molecule has 0 aliphatic carbocycles. The molecule has 1 aromatic heterocycles. The minimum atomic E-state index is -0.950. The molecule has 2 atom stereocenters. The van der Waals surface area contributed by atoms with Crippen molar-refractivity contribution in [1.29, 1.82) is 5.26 Å². The maximum absolute atomic E-state index is 14.8. The van der Waals surface area contributed by atoms with Crippen LogP contribution in [0.3, 0.4) is 0 Å². The molecule has 0 saturated carbocycles. The SMILES string of the molecule is N#Cc1ccc([C@H]2C=Cc3cccc(C4CCN(Cc5nc6ccc(C(=O)O)cc6n5C[C@@H]5CCO5)CC4)c3O2)c(F)c1. The Morgan fingerprint density at radius 1 is 1.09 bits per heavy atom. The van der Waals surface area contributed by atoms with Gasteiger partial charge in [-0.05, 0) is 80.2 Å². The van der Waals surface area contributed by atoms with Gasteiger partial charge in [-0.2, -0.15) is 5.26 Å². The van der Waals surface area contributed by atoms with Gasteiger partial charge < -0.3 is 19.1 Å². The van der Waals surface area contributed by atoms with E-state index in [-0.39, 0.29) is 17.2 Å². The van der Waals surface area contributed by atoms with Crippen molar-refractivity contribution in [2.24, 2.45) is 0 Å². The van der Waals surface area contributed by atoms with Crippen LogP contribution in [0.1, 0.15) is 69.7 Å². The highest BCUT2D eigenvalue weighted by molar-refractivity contribution is 5.92. The molecule has 2 saturated heterocycles. The van der Waals surface area contributed by atoms with Crippen LogP contribution >= 0.6 is 0 Å². The first-order valence-electron chi connectivity index (χ1n) is 14.7. The molecule has 4 aromatic rings. The number of hydrogen-bond acceptors (Lipinski definition) is 6. The normalized spacial score (nSPS) is 20.3. The first-order chi connectivity index (χ1) is 21.0. The van der Waals surface area contributed by atoms with Crippen LogP contribution in [0.4, 0.5) is 4.39 Å². The molecule has 3 aromatic carbocycles. The molecule has 3 aliphatic heterocycles. The zero-order chi connectivity index (χ0) is 29.5. The Bertz CT molecular complexity index is 1780. The lowest BCUT2D eigenvalue weighted by Gasteiger charge is -2.34. The van der Waals surface area contributed by atoms with Crippen LogP contribution in [0, 0.1) is 17.1 Å². The van der Waals surface area contributed by atoms with Gasteiger partial charge in [0.2, 0.25) is 0 Å². The van der Waals surface area contributed by atoms with Gasteiger partial charge in [0.05, 0.1) is 47.4 Å². The molecule has 8 nitrogen and oxygen atoms in total. The van der Waals surface area contributed by atoms with Crippen LogP contribution in [0.25, 0.3) is 17.1 Å². The van der Waals surface area contributed by atoms with E-state index in [2.05, 4.69) is 15.5 Å². The Kier molecular flexibility index (Phi) is 7.17. The number of nitrogens with zero attached hydrogens (tertiary/aromatic N) is 4. The summed E-state index contributed by atoms with van der Waals surface area (Å²) in [6.07, 6.45) is 6.28. The summed E-state index contributed by atoms with van der Waals surface area (Å²) in [5.74, 6) is 0.619. The molecule has 4 heterocycles. The van der Waals surface area contributed by atoms with Gasteiger partial charge in [0.1, 0.15) is 23.5 Å². The Hall–Kier alpha value is -4.52. The first-order valence-corrected chi connectivity index (χ1v) is 14.7. The number of imidazole rings is 1. The van der Waals surface area contributed by atoms with Crippen LogP contribution in [0.2, 0.25) is 0 Å². The quantitative estimate of drug-likeness (QED) is 0.285. The predicted octanol–water partition coefficient (Wildman–Crippen LogP) is 6.06. The standard InChI is InChI=1S/C34H31FN4O4/c35-28-16-21(18-36)4-7-27(28)31-9-6-23-2-1-3-26(33(23)43-31)22-10-13-38(14-11-22)20-32-37-29-8-5-24(34(40)41)17-30(29)39(32)19-25-12-15-42-25/h1-9,16-17,22,25,31H,10-15,19-20H2,(H,40,41)/t25-,31+/m0/s1. The molecule has 3 aliphatic rings. The second-order valence-corrected chi connectivity index (χ2v) is 11.5. The van der Waals surface area contributed by atoms with Crippen molar-refractivity contribution in [3.05, 3.63) is 100 Å². The Labute approximate surface area is 248 Å². The summed E-state index contributed by atoms with van der Waals surface area (Å²) >= 11 is 0. The molecular weight excluding hydrogens is 547 g/mol. The van der Waals surface area contributed by atoms with Gasteiger partial charge in [-0.25, -0.2) is 14.2 Å². The van der Waals surface area contributed by atoms with E-state index < -0.39 is 17.9 Å². The Balaban J connectivity index is 1.08. The van der Waals surface area contributed by atoms with Crippen molar-refractivity contribution in [3.63, 3.8) is 0 Å². The topological polar surface area (TPSA) is 101 Å². The Morgan fingerprint density at radius 2 is 1.93 bits per heavy atom. The molecule has 7 rings (SSSR count). The number of fused-ring (bicyclic) bond motifs is 2. The number of aromatic carboxylic acids is 1. The predicted molar refractivity (Wildman–Crippen MR) is 158 cm³/mol. The lowest BCUT2D eigenvalue weighted by molar-refractivity contribution is -0.0592. The first kappa shape index (κ1) is 27.3. The molecule has 2 fully saturated rings. The summed E-state index contributed by atoms with van der Waals surface area (Å²) in [5, 5.41) is 18.6. The number of benzene rings is 3. The average molecular weight is 579 g/mol. The third kappa shape index (κ3) is 5.29. The number of nitriles is 1. The van der Waals surface area contributed by atoms with Crippen LogP contribution in [0.15, 0.2) is 60.7 Å². The summed E-state index contributed by atoms with van der Waals surface area (Å²) in [5.41, 5.74) is 4.69. The van der Waals surface area contributed by atoms with E-state index in [1.165, 1.54) is 6.07 Å². The highest BCUT2D eigenvalue weighted by atomic mass is 19.1. The van der Waals surface area contributed by atoms with E-state index in [0.717, 1.165) is 72.7 Å². The monoisotopic (exact) mass is 578 g/mol. The minimum Gasteiger partial charge on any atom is -0.481 e. The van der Waals surface area contributed by atoms with E-state index in [9.17, 15) is 14.3 Å². The number of likely N-dealkylation sites (tertiary alicyclic amines) is 1. The lowest BCUT2D eigenvalue weighted by Crippen LogP contribution is -2.35. The van der Waals surface area contributed by atoms with E-state index in [4.69, 9.17) is 19.7 Å². The number of carboxylic acids is 1. The highest BCUT2D eigenvalue weighted by Gasteiger charge is 2.29. The van der Waals surface area contributed by atoms with Gasteiger partial charge in [0.25, 0.3) is 0 Å². The van der Waals surface area contributed by atoms with Gasteiger partial charge in [-0.3, -0.25) is 4.90 Å². The molecule has 0 bridgehead atoms. The number of halogens is 1. The third-order valence-electron chi connectivity index (χ3n) is 8.85. The largest absolute Gasteiger partial charge is 0.481 e. The van der Waals surface area contributed by atoms with Gasteiger partial charge in [-0.1, -0.05) is 30.3 Å². The number of ether oxygens (including phenoxy) is 2. The number of carbonyl (C=O) groups is 1. The number of hydrogen-bond donors (Lipinski definition) is 1. The maximum atomic E-state index is 14.8. The van der Waals surface area contributed by atoms with Crippen molar-refractivity contribution >= 4 is 23.1 Å². The van der Waals surface area contributed by atoms with Crippen LogP contribution in [0.5, 0.6) is 5.75 Å². The van der Waals surface area contributed by atoms with Crippen molar-refractivity contribution in [1.82, 2.24) is 14.5 Å². The Morgan fingerprint density at radius 3 is 2.65 bits per heavy atom. The molecule has 218 valence electrons. The van der Waals surface area contributed by atoms with Gasteiger partial charge >= 0.3 is 5.97 Å². The maximum Gasteiger partial charge on any atom is 0.335 e. The molecule has 0 amide bonds. The van der Waals surface area contributed by atoms with Gasteiger partial charge in [0, 0.05) is 17.7 Å². The minimum absolute atomic E-state index is 0.121. The van der Waals surface area contributed by atoms with E-state index >= 15 is 0 Å². The van der Waals surface area contributed by atoms with Crippen LogP contribution in [-0.4, -0.2) is 51.3 Å². The van der Waals surface area contributed by atoms with Gasteiger partial charge in [0.15, 0.2) is 0 Å². The number of carboxylic acid groups (broad SMARTS) is 1. The second-order valence-electron chi connectivity index (χ2n) is 11.5. The number of para-hydroxylation sites is 1. The lowest BCUT2D eigenvalue weighted by atomic mass is 9.87. The van der Waals surface area contributed by atoms with Crippen molar-refractivity contribution < 1.29 is 23.8 Å². The summed E-state index contributed by atoms with van der Waals surface area (Å²) < 4.78 is 29.1. The fourth-order valence-electron chi connectivity index (χ4n) is 6.38. The third-order valence-corrected chi connectivity index (χ3v) is 8.85. The average Bonchev–Trinajstić information content (AvgIpc) is 3.34. The summed E-state index contributed by atoms with van der Waals surface area (Å²) in [6.45, 7) is 3.84. The molecule has 0 unspecified atom stereocenters. The zero-order valence-electron chi connectivity index (χ0n) is 23.6. The number of aromatic nitrogens is 2. The van der Waals surface area contributed by atoms with Crippen molar-refractivity contribution in [3.8, 4) is 11.8 Å². The van der Waals surface area contributed by atoms with Crippen molar-refractivity contribution in [2.45, 2.75) is 50.5 Å². The zero-order valence-corrected chi connectivity index (χ0v) is 23.6. The fraction of sp³-hybridized carbons (Fsp3) is 0.324. The van der Waals surface area contributed by atoms with E-state index in [1.54, 1.807) is 30.3 Å². The smallest absolute Gasteiger partial charge is 0.335 e. The molecule has 1 N–H and O–H groups in total. The van der Waals surface area contributed by atoms with Crippen LogP contribution in [-0.2, 0) is 17.8 Å². The highest BCUT2D eigenvalue weighted by Crippen LogP contribution is 2.42. The van der Waals surface area contributed by atoms with Crippen molar-refractivity contribution in [2.75, 3.05) is 19.7 Å². The number of piperidine rings is 1. The molecule has 0 radical (unpaired) electrons. The fourth-order valence-corrected chi connectivity index (χ4v) is 6.38. The van der Waals surface area contributed by atoms with Crippen LogP contribution < -0.4 is 4.74 Å². The molecule has 43 heavy (non-hydrogen) atoms. The molecule has 9 heteroatoms. The summed E-state index contributed by atoms with van der Waals surface area (Å²) in [7, 11) is 0. The van der Waals surface area contributed by atoms with E-state index in [1.807, 2.05) is 30.4 Å². The summed E-state index contributed by atoms with van der Waals surface area (Å²) in [6, 6.07) is 17.8.